The zero-order valence-corrected chi connectivity index (χ0v) is 35.5. The van der Waals surface area contributed by atoms with Crippen LogP contribution in [0.3, 0.4) is 0 Å². The molecule has 0 saturated carbocycles. The summed E-state index contributed by atoms with van der Waals surface area (Å²) in [6, 6.07) is 66.5. The van der Waals surface area contributed by atoms with Crippen LogP contribution < -0.4 is 4.90 Å². The Labute approximate surface area is 380 Å². The Balaban J connectivity index is 1.09. The van der Waals surface area contributed by atoms with Gasteiger partial charge in [0.2, 0.25) is 0 Å². The average molecular weight is 844 g/mol. The summed E-state index contributed by atoms with van der Waals surface area (Å²) >= 11 is 0. The number of nitrogens with zero attached hydrogens (tertiary/aromatic N) is 7. The number of pyridine rings is 5. The lowest BCUT2D eigenvalue weighted by molar-refractivity contribution is 1.08. The molecule has 6 aromatic carbocycles. The molecule has 12 aromatic rings. The molecule has 0 atom stereocenters. The average Bonchev–Trinajstić information content (AvgIpc) is 3.72. The number of rotatable bonds is 7. The van der Waals surface area contributed by atoms with Crippen molar-refractivity contribution in [3.63, 3.8) is 0 Å². The highest BCUT2D eigenvalue weighted by Gasteiger charge is 2.29. The van der Waals surface area contributed by atoms with Gasteiger partial charge in [-0.2, -0.15) is 0 Å². The maximum atomic E-state index is 5.35. The van der Waals surface area contributed by atoms with E-state index in [9.17, 15) is 0 Å². The normalized spacial score (nSPS) is 11.9. The number of hydrogen-bond acceptors (Lipinski definition) is 6. The van der Waals surface area contributed by atoms with E-state index >= 15 is 0 Å². The van der Waals surface area contributed by atoms with Gasteiger partial charge in [0.15, 0.2) is 0 Å². The molecule has 66 heavy (non-hydrogen) atoms. The van der Waals surface area contributed by atoms with Crippen molar-refractivity contribution >= 4 is 49.8 Å². The third-order valence-electron chi connectivity index (χ3n) is 12.8. The Morgan fingerprint density at radius 2 is 0.985 bits per heavy atom. The largest absolute Gasteiger partial charge is 0.294 e. The van der Waals surface area contributed by atoms with Crippen molar-refractivity contribution < 1.29 is 0 Å². The van der Waals surface area contributed by atoms with Crippen molar-refractivity contribution in [1.82, 2.24) is 29.5 Å². The summed E-state index contributed by atoms with van der Waals surface area (Å²) in [7, 11) is 0. The van der Waals surface area contributed by atoms with Gasteiger partial charge in [0.1, 0.15) is 11.6 Å². The molecular formula is C59H37N7. The predicted octanol–water partition coefficient (Wildman–Crippen LogP) is 14.7. The summed E-state index contributed by atoms with van der Waals surface area (Å²) in [6.45, 7) is 0. The van der Waals surface area contributed by atoms with Gasteiger partial charge < -0.3 is 0 Å². The van der Waals surface area contributed by atoms with E-state index in [1.807, 2.05) is 55.1 Å². The van der Waals surface area contributed by atoms with E-state index < -0.39 is 0 Å². The van der Waals surface area contributed by atoms with Crippen molar-refractivity contribution in [2.75, 3.05) is 4.90 Å². The van der Waals surface area contributed by atoms with E-state index in [-0.39, 0.29) is 0 Å². The lowest BCUT2D eigenvalue weighted by Gasteiger charge is -2.33. The molecule has 0 radical (unpaired) electrons. The summed E-state index contributed by atoms with van der Waals surface area (Å²) in [5.74, 6) is 1.63. The first-order valence-electron chi connectivity index (χ1n) is 22.0. The van der Waals surface area contributed by atoms with E-state index in [2.05, 4.69) is 177 Å². The summed E-state index contributed by atoms with van der Waals surface area (Å²) < 4.78 is 2.30. The Bertz CT molecular complexity index is 3750. The van der Waals surface area contributed by atoms with Crippen LogP contribution in [0.4, 0.5) is 17.2 Å². The van der Waals surface area contributed by atoms with Crippen LogP contribution in [-0.4, -0.2) is 29.5 Å². The molecule has 7 nitrogen and oxygen atoms in total. The van der Waals surface area contributed by atoms with Crippen LogP contribution in [0.1, 0.15) is 0 Å². The highest BCUT2D eigenvalue weighted by molar-refractivity contribution is 6.19. The van der Waals surface area contributed by atoms with Gasteiger partial charge in [0.05, 0.1) is 33.8 Å². The fourth-order valence-corrected chi connectivity index (χ4v) is 9.71. The molecule has 0 unspecified atom stereocenters. The first-order chi connectivity index (χ1) is 32.7. The minimum atomic E-state index is 0.807. The Morgan fingerprint density at radius 1 is 0.348 bits per heavy atom. The third kappa shape index (κ3) is 6.25. The summed E-state index contributed by atoms with van der Waals surface area (Å²) in [5, 5.41) is 4.56. The zero-order valence-electron chi connectivity index (χ0n) is 35.5. The summed E-state index contributed by atoms with van der Waals surface area (Å²) in [5.41, 5.74) is 16.8. The van der Waals surface area contributed by atoms with Gasteiger partial charge in [-0.15, -0.1) is 0 Å². The standard InChI is InChI=1S/C59H37N7/c1-3-11-38(12-4-1)46-30-51(39-13-5-2-6-14-39)64-52(31-46)43-21-22-53-48(29-43)50-34-49-47-19-7-15-40-16-8-20-54(59(40)47)66(58-33-42(24-28-63-58)45-18-10-26-61-37-45)55(49)35-56(50)65(53)57-32-41(23-27-62-57)44-17-9-25-60-36-44/h1-37H. The van der Waals surface area contributed by atoms with Crippen LogP contribution in [0.25, 0.3) is 105 Å². The number of anilines is 3. The molecular weight excluding hydrogens is 807 g/mol. The highest BCUT2D eigenvalue weighted by atomic mass is 15.2. The first kappa shape index (κ1) is 37.5. The third-order valence-corrected chi connectivity index (χ3v) is 12.8. The maximum Gasteiger partial charge on any atom is 0.138 e. The molecule has 308 valence electrons. The Hall–Kier alpha value is -9.07. The van der Waals surface area contributed by atoms with Crippen molar-refractivity contribution in [1.29, 1.82) is 0 Å². The molecule has 1 aliphatic rings. The number of benzene rings is 6. The highest BCUT2D eigenvalue weighted by Crippen LogP contribution is 2.53. The van der Waals surface area contributed by atoms with E-state index in [4.69, 9.17) is 15.0 Å². The van der Waals surface area contributed by atoms with Crippen molar-refractivity contribution in [3.8, 4) is 72.8 Å². The van der Waals surface area contributed by atoms with Gasteiger partial charge in [-0.3, -0.25) is 19.4 Å². The fourth-order valence-electron chi connectivity index (χ4n) is 9.71. The van der Waals surface area contributed by atoms with E-state index in [1.54, 1.807) is 12.4 Å². The molecule has 0 bridgehead atoms. The first-order valence-corrected chi connectivity index (χ1v) is 22.0. The summed E-state index contributed by atoms with van der Waals surface area (Å²) in [6.07, 6.45) is 11.2. The molecule has 6 aromatic heterocycles. The molecule has 0 saturated heterocycles. The molecule has 1 aliphatic heterocycles. The molecule has 0 spiro atoms. The topological polar surface area (TPSA) is 72.6 Å². The number of fused-ring (bicyclic) bond motifs is 5. The van der Waals surface area contributed by atoms with Crippen LogP contribution in [0, 0.1) is 0 Å². The zero-order chi connectivity index (χ0) is 43.6. The van der Waals surface area contributed by atoms with Gasteiger partial charge in [-0.25, -0.2) is 15.0 Å². The van der Waals surface area contributed by atoms with Crippen molar-refractivity contribution in [2.24, 2.45) is 0 Å². The quantitative estimate of drug-likeness (QED) is 0.159. The molecule has 13 rings (SSSR count). The Kier molecular flexibility index (Phi) is 8.70. The Morgan fingerprint density at radius 3 is 1.70 bits per heavy atom. The van der Waals surface area contributed by atoms with Gasteiger partial charge in [0.25, 0.3) is 0 Å². The minimum Gasteiger partial charge on any atom is -0.294 e. The molecule has 7 heteroatoms. The second-order valence-corrected chi connectivity index (χ2v) is 16.6. The molecule has 0 amide bonds. The number of aromatic nitrogens is 6. The van der Waals surface area contributed by atoms with Crippen LogP contribution >= 0.6 is 0 Å². The van der Waals surface area contributed by atoms with Crippen molar-refractivity contribution in [2.45, 2.75) is 0 Å². The molecule has 0 fully saturated rings. The van der Waals surface area contributed by atoms with Crippen LogP contribution in [-0.2, 0) is 0 Å². The molecule has 0 N–H and O–H groups in total. The van der Waals surface area contributed by atoms with Crippen LogP contribution in [0.15, 0.2) is 225 Å². The van der Waals surface area contributed by atoms with E-state index in [0.29, 0.717) is 0 Å². The minimum absolute atomic E-state index is 0.807. The van der Waals surface area contributed by atoms with E-state index in [1.165, 1.54) is 16.3 Å². The second-order valence-electron chi connectivity index (χ2n) is 16.6. The smallest absolute Gasteiger partial charge is 0.138 e. The van der Waals surface area contributed by atoms with Gasteiger partial charge in [-0.05, 0) is 112 Å². The molecule has 0 aliphatic carbocycles. The monoisotopic (exact) mass is 843 g/mol. The predicted molar refractivity (Wildman–Crippen MR) is 268 cm³/mol. The second kappa shape index (κ2) is 15.3. The number of hydrogen-bond donors (Lipinski definition) is 0. The lowest BCUT2D eigenvalue weighted by atomic mass is 9.90. The van der Waals surface area contributed by atoms with Gasteiger partial charge in [0, 0.05) is 81.2 Å². The van der Waals surface area contributed by atoms with Crippen LogP contribution in [0.5, 0.6) is 0 Å². The van der Waals surface area contributed by atoms with Gasteiger partial charge in [-0.1, -0.05) is 109 Å². The van der Waals surface area contributed by atoms with Gasteiger partial charge >= 0.3 is 0 Å². The SMILES string of the molecule is c1ccc(-c2cc(-c3ccccc3)nc(-c3ccc4c(c3)c3cc5c(cc3n4-c3cc(-c4cccnc4)ccn3)N(c3cc(-c4cccnc4)ccn3)c3cccc4cccc-5c34)c2)cc1. The fraction of sp³-hybridized carbons (Fsp3) is 0. The summed E-state index contributed by atoms with van der Waals surface area (Å²) in [4.78, 5) is 26.7. The van der Waals surface area contributed by atoms with E-state index in [0.717, 1.165) is 106 Å². The molecule has 7 heterocycles. The van der Waals surface area contributed by atoms with Crippen LogP contribution in [0.2, 0.25) is 0 Å². The lowest BCUT2D eigenvalue weighted by Crippen LogP contribution is -2.16. The maximum absolute atomic E-state index is 5.35. The van der Waals surface area contributed by atoms with Crippen molar-refractivity contribution in [3.05, 3.63) is 225 Å².